The molecule has 4 heteroatoms. The number of methoxy groups -OCH3 is 2. The van der Waals surface area contributed by atoms with E-state index >= 15 is 0 Å². The summed E-state index contributed by atoms with van der Waals surface area (Å²) in [5, 5.41) is 2.14. The third kappa shape index (κ3) is 3.78. The van der Waals surface area contributed by atoms with Gasteiger partial charge in [0.25, 0.3) is 0 Å². The molecule has 3 aromatic carbocycles. The first-order valence-electron chi connectivity index (χ1n) is 10.2. The molecule has 3 aromatic rings. The van der Waals surface area contributed by atoms with Crippen molar-refractivity contribution in [1.29, 1.82) is 0 Å². The van der Waals surface area contributed by atoms with Crippen molar-refractivity contribution in [2.24, 2.45) is 0 Å². The number of ether oxygens (including phenoxy) is 2. The van der Waals surface area contributed by atoms with Crippen LogP contribution >= 0.6 is 0 Å². The Labute approximate surface area is 178 Å². The van der Waals surface area contributed by atoms with Gasteiger partial charge in [0.1, 0.15) is 5.75 Å². The van der Waals surface area contributed by atoms with Gasteiger partial charge in [-0.05, 0) is 54.4 Å². The molecule has 0 spiro atoms. The van der Waals surface area contributed by atoms with E-state index < -0.39 is 5.54 Å². The van der Waals surface area contributed by atoms with Crippen LogP contribution in [0.2, 0.25) is 0 Å². The van der Waals surface area contributed by atoms with Gasteiger partial charge in [0.15, 0.2) is 5.54 Å². The Morgan fingerprint density at radius 2 is 1.70 bits per heavy atom. The molecule has 4 nitrogen and oxygen atoms in total. The minimum Gasteiger partial charge on any atom is -0.497 e. The fourth-order valence-electron chi connectivity index (χ4n) is 4.15. The van der Waals surface area contributed by atoms with E-state index in [9.17, 15) is 4.79 Å². The minimum absolute atomic E-state index is 0.283. The van der Waals surface area contributed by atoms with Crippen molar-refractivity contribution in [2.75, 3.05) is 25.7 Å². The molecule has 0 heterocycles. The maximum absolute atomic E-state index is 13.6. The standard InChI is InChI=1S/C26H29NO3/c1-5-7-19-26(25(28)30-4,24-14-10-12-20-11-8-9-13-23(20)24)27(6-2)21-15-17-22(29-3)18-16-21/h5,7-18H,6,19H2,1-4H3/b7-5-. The number of rotatable bonds is 8. The second-order valence-corrected chi connectivity index (χ2v) is 7.09. The maximum Gasteiger partial charge on any atom is 0.336 e. The molecule has 30 heavy (non-hydrogen) atoms. The number of hydrogen-bond acceptors (Lipinski definition) is 4. The van der Waals surface area contributed by atoms with Gasteiger partial charge in [0, 0.05) is 18.7 Å². The van der Waals surface area contributed by atoms with Crippen LogP contribution in [0, 0.1) is 0 Å². The molecule has 0 radical (unpaired) electrons. The number of carbonyl (C=O) groups excluding carboxylic acids is 1. The second kappa shape index (κ2) is 9.49. The van der Waals surface area contributed by atoms with Gasteiger partial charge in [-0.15, -0.1) is 0 Å². The van der Waals surface area contributed by atoms with E-state index in [2.05, 4.69) is 30.0 Å². The molecule has 0 aliphatic heterocycles. The van der Waals surface area contributed by atoms with Gasteiger partial charge in [-0.3, -0.25) is 0 Å². The predicted octanol–water partition coefficient (Wildman–Crippen LogP) is 5.71. The van der Waals surface area contributed by atoms with Gasteiger partial charge >= 0.3 is 5.97 Å². The molecule has 0 saturated carbocycles. The van der Waals surface area contributed by atoms with E-state index in [4.69, 9.17) is 9.47 Å². The Balaban J connectivity index is 2.33. The molecule has 0 N–H and O–H groups in total. The molecule has 3 rings (SSSR count). The fraction of sp³-hybridized carbons (Fsp3) is 0.269. The van der Waals surface area contributed by atoms with Crippen LogP contribution in [0.15, 0.2) is 78.9 Å². The Morgan fingerprint density at radius 3 is 2.33 bits per heavy atom. The average Bonchev–Trinajstić information content (AvgIpc) is 2.81. The van der Waals surface area contributed by atoms with Crippen LogP contribution < -0.4 is 9.64 Å². The molecule has 0 bridgehead atoms. The number of carbonyl (C=O) groups is 1. The van der Waals surface area contributed by atoms with Crippen molar-refractivity contribution in [3.63, 3.8) is 0 Å². The van der Waals surface area contributed by atoms with E-state index in [1.807, 2.05) is 67.6 Å². The number of anilines is 1. The van der Waals surface area contributed by atoms with Gasteiger partial charge in [0.05, 0.1) is 14.2 Å². The van der Waals surface area contributed by atoms with E-state index in [1.165, 1.54) is 7.11 Å². The molecular weight excluding hydrogens is 374 g/mol. The Hall–Kier alpha value is -3.27. The summed E-state index contributed by atoms with van der Waals surface area (Å²) >= 11 is 0. The number of likely N-dealkylation sites (N-methyl/N-ethyl adjacent to an activating group) is 1. The molecule has 156 valence electrons. The minimum atomic E-state index is -1.01. The summed E-state index contributed by atoms with van der Waals surface area (Å²) < 4.78 is 10.7. The van der Waals surface area contributed by atoms with Crippen LogP contribution in [-0.2, 0) is 15.1 Å². The lowest BCUT2D eigenvalue weighted by Gasteiger charge is -2.43. The zero-order valence-electron chi connectivity index (χ0n) is 18.1. The van der Waals surface area contributed by atoms with E-state index in [0.29, 0.717) is 13.0 Å². The lowest BCUT2D eigenvalue weighted by atomic mass is 9.81. The van der Waals surface area contributed by atoms with Crippen LogP contribution in [0.25, 0.3) is 10.8 Å². The lowest BCUT2D eigenvalue weighted by molar-refractivity contribution is -0.147. The largest absolute Gasteiger partial charge is 0.497 e. The summed E-state index contributed by atoms with van der Waals surface area (Å²) in [6, 6.07) is 22.1. The molecule has 1 unspecified atom stereocenters. The Bertz CT molecular complexity index is 1020. The van der Waals surface area contributed by atoms with Crippen molar-refractivity contribution < 1.29 is 14.3 Å². The first-order valence-corrected chi connectivity index (χ1v) is 10.2. The monoisotopic (exact) mass is 403 g/mol. The van der Waals surface area contributed by atoms with Crippen LogP contribution in [0.1, 0.15) is 25.8 Å². The molecule has 0 fully saturated rings. The highest BCUT2D eigenvalue weighted by Crippen LogP contribution is 2.41. The summed E-state index contributed by atoms with van der Waals surface area (Å²) in [4.78, 5) is 15.7. The summed E-state index contributed by atoms with van der Waals surface area (Å²) in [5.74, 6) is 0.492. The molecule has 1 atom stereocenters. The van der Waals surface area contributed by atoms with Crippen LogP contribution in [0.4, 0.5) is 5.69 Å². The number of benzene rings is 3. The van der Waals surface area contributed by atoms with Gasteiger partial charge in [-0.25, -0.2) is 4.79 Å². The molecule has 0 amide bonds. The van der Waals surface area contributed by atoms with Crippen molar-refractivity contribution in [3.05, 3.63) is 84.4 Å². The number of hydrogen-bond donors (Lipinski definition) is 0. The Kier molecular flexibility index (Phi) is 6.78. The summed E-state index contributed by atoms with van der Waals surface area (Å²) in [6.45, 7) is 4.65. The highest BCUT2D eigenvalue weighted by Gasteiger charge is 2.46. The number of esters is 1. The molecular formula is C26H29NO3. The molecule has 0 aromatic heterocycles. The summed E-state index contributed by atoms with van der Waals surface area (Å²) in [7, 11) is 3.10. The molecule has 0 aliphatic rings. The second-order valence-electron chi connectivity index (χ2n) is 7.09. The lowest BCUT2D eigenvalue weighted by Crippen LogP contribution is -2.53. The number of fused-ring (bicyclic) bond motifs is 1. The average molecular weight is 404 g/mol. The number of allylic oxidation sites excluding steroid dienone is 1. The first kappa shape index (κ1) is 21.4. The van der Waals surface area contributed by atoms with Crippen molar-refractivity contribution in [3.8, 4) is 5.75 Å². The van der Waals surface area contributed by atoms with Gasteiger partial charge in [-0.2, -0.15) is 0 Å². The zero-order chi connectivity index (χ0) is 21.6. The molecule has 0 saturated heterocycles. The number of nitrogens with zero attached hydrogens (tertiary/aromatic N) is 1. The predicted molar refractivity (Wildman–Crippen MR) is 123 cm³/mol. The van der Waals surface area contributed by atoms with E-state index in [-0.39, 0.29) is 5.97 Å². The topological polar surface area (TPSA) is 38.8 Å². The van der Waals surface area contributed by atoms with Crippen molar-refractivity contribution in [1.82, 2.24) is 0 Å². The van der Waals surface area contributed by atoms with E-state index in [0.717, 1.165) is 27.8 Å². The van der Waals surface area contributed by atoms with Crippen molar-refractivity contribution >= 4 is 22.4 Å². The summed E-state index contributed by atoms with van der Waals surface area (Å²) in [6.07, 6.45) is 4.50. The van der Waals surface area contributed by atoms with Crippen LogP contribution in [0.5, 0.6) is 5.75 Å². The van der Waals surface area contributed by atoms with Gasteiger partial charge < -0.3 is 14.4 Å². The Morgan fingerprint density at radius 1 is 1.00 bits per heavy atom. The SMILES string of the molecule is C/C=C\CC(C(=O)OC)(c1cccc2ccccc12)N(CC)c1ccc(OC)cc1. The third-order valence-electron chi connectivity index (χ3n) is 5.57. The van der Waals surface area contributed by atoms with Gasteiger partial charge in [-0.1, -0.05) is 54.6 Å². The first-order chi connectivity index (χ1) is 14.6. The van der Waals surface area contributed by atoms with Gasteiger partial charge in [0.2, 0.25) is 0 Å². The normalized spacial score (nSPS) is 13.2. The highest BCUT2D eigenvalue weighted by atomic mass is 16.5. The highest BCUT2D eigenvalue weighted by molar-refractivity contribution is 5.96. The maximum atomic E-state index is 13.6. The molecule has 0 aliphatic carbocycles. The zero-order valence-corrected chi connectivity index (χ0v) is 18.1. The smallest absolute Gasteiger partial charge is 0.336 e. The summed E-state index contributed by atoms with van der Waals surface area (Å²) in [5.41, 5.74) is 0.857. The van der Waals surface area contributed by atoms with Crippen LogP contribution in [-0.4, -0.2) is 26.7 Å². The van der Waals surface area contributed by atoms with Crippen molar-refractivity contribution in [2.45, 2.75) is 25.8 Å². The van der Waals surface area contributed by atoms with Crippen LogP contribution in [0.3, 0.4) is 0 Å². The van der Waals surface area contributed by atoms with E-state index in [1.54, 1.807) is 7.11 Å². The quantitative estimate of drug-likeness (QED) is 0.357. The fourth-order valence-corrected chi connectivity index (χ4v) is 4.15. The third-order valence-corrected chi connectivity index (χ3v) is 5.57.